The van der Waals surface area contributed by atoms with Crippen LogP contribution in [0.4, 0.5) is 0 Å². The van der Waals surface area contributed by atoms with Crippen molar-refractivity contribution < 1.29 is 19.7 Å². The number of carboxylic acid groups (broad SMARTS) is 1. The zero-order valence-corrected chi connectivity index (χ0v) is 8.60. The number of methoxy groups -OCH3 is 1. The first-order valence-electron chi connectivity index (χ1n) is 4.66. The Labute approximate surface area is 91.7 Å². The van der Waals surface area contributed by atoms with Crippen LogP contribution in [0.3, 0.4) is 0 Å². The molecule has 2 rings (SSSR count). The van der Waals surface area contributed by atoms with Crippen LogP contribution >= 0.6 is 0 Å². The third-order valence-electron chi connectivity index (χ3n) is 2.41. The van der Waals surface area contributed by atoms with Gasteiger partial charge in [0.2, 0.25) is 0 Å². The molecule has 2 aromatic rings. The first-order chi connectivity index (χ1) is 7.63. The van der Waals surface area contributed by atoms with E-state index in [1.54, 1.807) is 18.2 Å². The molecule has 4 heteroatoms. The van der Waals surface area contributed by atoms with E-state index >= 15 is 0 Å². The summed E-state index contributed by atoms with van der Waals surface area (Å²) in [7, 11) is 1.52. The van der Waals surface area contributed by atoms with Crippen molar-refractivity contribution in [1.82, 2.24) is 0 Å². The molecule has 0 aromatic heterocycles. The van der Waals surface area contributed by atoms with Gasteiger partial charge in [0, 0.05) is 5.39 Å². The average molecular weight is 218 g/mol. The zero-order valence-electron chi connectivity index (χ0n) is 8.60. The Morgan fingerprint density at radius 2 is 2.06 bits per heavy atom. The molecule has 0 radical (unpaired) electrons. The summed E-state index contributed by atoms with van der Waals surface area (Å²) in [6.07, 6.45) is 0. The monoisotopic (exact) mass is 218 g/mol. The molecule has 2 N–H and O–H groups in total. The molecule has 4 nitrogen and oxygen atoms in total. The number of rotatable bonds is 2. The lowest BCUT2D eigenvalue weighted by Gasteiger charge is -2.07. The second-order valence-corrected chi connectivity index (χ2v) is 3.36. The van der Waals surface area contributed by atoms with Crippen LogP contribution in [-0.2, 0) is 0 Å². The molecule has 0 spiro atoms. The predicted molar refractivity (Wildman–Crippen MR) is 59.1 cm³/mol. The first kappa shape index (κ1) is 10.3. The Bertz CT molecular complexity index is 560. The molecule has 0 amide bonds. The van der Waals surface area contributed by atoms with E-state index in [1.807, 2.05) is 0 Å². The summed E-state index contributed by atoms with van der Waals surface area (Å²) in [5.74, 6) is -0.821. The van der Waals surface area contributed by atoms with Crippen LogP contribution in [-0.4, -0.2) is 23.3 Å². The molecule has 0 bridgehead atoms. The van der Waals surface area contributed by atoms with Crippen LogP contribution < -0.4 is 4.74 Å². The molecule has 0 unspecified atom stereocenters. The van der Waals surface area contributed by atoms with Crippen molar-refractivity contribution in [2.75, 3.05) is 7.11 Å². The van der Waals surface area contributed by atoms with E-state index in [-0.39, 0.29) is 11.3 Å². The van der Waals surface area contributed by atoms with Gasteiger partial charge in [-0.1, -0.05) is 12.1 Å². The number of phenols is 1. The highest BCUT2D eigenvalue weighted by Crippen LogP contribution is 2.31. The minimum atomic E-state index is -1.16. The van der Waals surface area contributed by atoms with Gasteiger partial charge in [0.25, 0.3) is 0 Å². The van der Waals surface area contributed by atoms with Crippen molar-refractivity contribution in [2.24, 2.45) is 0 Å². The van der Waals surface area contributed by atoms with Crippen molar-refractivity contribution in [2.45, 2.75) is 0 Å². The van der Waals surface area contributed by atoms with Gasteiger partial charge in [0.15, 0.2) is 0 Å². The largest absolute Gasteiger partial charge is 0.507 e. The highest BCUT2D eigenvalue weighted by atomic mass is 16.5. The molecule has 0 aliphatic heterocycles. The van der Waals surface area contributed by atoms with Gasteiger partial charge in [-0.15, -0.1) is 0 Å². The second-order valence-electron chi connectivity index (χ2n) is 3.36. The summed E-state index contributed by atoms with van der Waals surface area (Å²) >= 11 is 0. The van der Waals surface area contributed by atoms with E-state index in [4.69, 9.17) is 9.84 Å². The van der Waals surface area contributed by atoms with E-state index in [1.165, 1.54) is 19.2 Å². The van der Waals surface area contributed by atoms with Gasteiger partial charge in [-0.05, 0) is 23.6 Å². The molecule has 0 fully saturated rings. The van der Waals surface area contributed by atoms with Crippen molar-refractivity contribution in [3.8, 4) is 11.5 Å². The normalized spacial score (nSPS) is 10.3. The number of hydrogen-bond donors (Lipinski definition) is 2. The maximum Gasteiger partial charge on any atom is 0.339 e. The van der Waals surface area contributed by atoms with Crippen LogP contribution in [0.15, 0.2) is 30.3 Å². The number of carbonyl (C=O) groups is 1. The summed E-state index contributed by atoms with van der Waals surface area (Å²) in [5, 5.41) is 19.8. The Morgan fingerprint density at radius 1 is 1.31 bits per heavy atom. The molecule has 0 aliphatic carbocycles. The minimum absolute atomic E-state index is 0.128. The van der Waals surface area contributed by atoms with E-state index < -0.39 is 5.97 Å². The first-order valence-corrected chi connectivity index (χ1v) is 4.66. The van der Waals surface area contributed by atoms with Crippen molar-refractivity contribution in [3.05, 3.63) is 35.9 Å². The third-order valence-corrected chi connectivity index (χ3v) is 2.41. The summed E-state index contributed by atoms with van der Waals surface area (Å²) in [6.45, 7) is 0. The van der Waals surface area contributed by atoms with Gasteiger partial charge in [0.05, 0.1) is 7.11 Å². The molecule has 82 valence electrons. The lowest BCUT2D eigenvalue weighted by atomic mass is 10.1. The lowest BCUT2D eigenvalue weighted by molar-refractivity contribution is 0.0694. The number of hydrogen-bond acceptors (Lipinski definition) is 3. The fraction of sp³-hybridized carbons (Fsp3) is 0.0833. The smallest absolute Gasteiger partial charge is 0.339 e. The quantitative estimate of drug-likeness (QED) is 0.811. The maximum atomic E-state index is 10.9. The average Bonchev–Trinajstić information content (AvgIpc) is 2.26. The molecule has 16 heavy (non-hydrogen) atoms. The number of ether oxygens (including phenoxy) is 1. The Kier molecular flexibility index (Phi) is 2.40. The van der Waals surface area contributed by atoms with Gasteiger partial charge in [-0.2, -0.15) is 0 Å². The number of carboxylic acids is 1. The maximum absolute atomic E-state index is 10.9. The zero-order chi connectivity index (χ0) is 11.7. The summed E-state index contributed by atoms with van der Waals surface area (Å²) in [4.78, 5) is 10.9. The van der Waals surface area contributed by atoms with Crippen LogP contribution in [0, 0.1) is 0 Å². The van der Waals surface area contributed by atoms with Crippen molar-refractivity contribution in [3.63, 3.8) is 0 Å². The van der Waals surface area contributed by atoms with Crippen LogP contribution in [0.5, 0.6) is 11.5 Å². The summed E-state index contributed by atoms with van der Waals surface area (Å²) in [5.41, 5.74) is -0.128. The van der Waals surface area contributed by atoms with Gasteiger partial charge >= 0.3 is 5.97 Å². The van der Waals surface area contributed by atoms with E-state index in [0.717, 1.165) is 5.39 Å². The standard InChI is InChI=1S/C12H10O4/c1-16-11-4-2-3-7-5-10(13)9(12(14)15)6-8(7)11/h2-6,13H,1H3,(H,14,15). The van der Waals surface area contributed by atoms with Gasteiger partial charge in [-0.3, -0.25) is 0 Å². The van der Waals surface area contributed by atoms with Crippen LogP contribution in [0.1, 0.15) is 10.4 Å². The predicted octanol–water partition coefficient (Wildman–Crippen LogP) is 2.25. The third kappa shape index (κ3) is 1.54. The fourth-order valence-corrected chi connectivity index (χ4v) is 1.63. The van der Waals surface area contributed by atoms with Gasteiger partial charge in [0.1, 0.15) is 17.1 Å². The molecule has 0 saturated heterocycles. The number of fused-ring (bicyclic) bond motifs is 1. The number of aromatic hydroxyl groups is 1. The molecule has 0 aliphatic rings. The minimum Gasteiger partial charge on any atom is -0.507 e. The molecular formula is C12H10O4. The van der Waals surface area contributed by atoms with E-state index in [9.17, 15) is 9.90 Å². The van der Waals surface area contributed by atoms with Crippen molar-refractivity contribution >= 4 is 16.7 Å². The SMILES string of the molecule is COc1cccc2cc(O)c(C(=O)O)cc12. The van der Waals surface area contributed by atoms with Gasteiger partial charge < -0.3 is 14.9 Å². The van der Waals surface area contributed by atoms with Crippen LogP contribution in [0.25, 0.3) is 10.8 Å². The Hall–Kier alpha value is -2.23. The number of benzene rings is 2. The lowest BCUT2D eigenvalue weighted by Crippen LogP contribution is -1.97. The molecular weight excluding hydrogens is 208 g/mol. The highest BCUT2D eigenvalue weighted by molar-refractivity contribution is 5.99. The van der Waals surface area contributed by atoms with Crippen molar-refractivity contribution in [1.29, 1.82) is 0 Å². The fourth-order valence-electron chi connectivity index (χ4n) is 1.63. The Morgan fingerprint density at radius 3 is 2.69 bits per heavy atom. The summed E-state index contributed by atoms with van der Waals surface area (Å²) in [6, 6.07) is 8.13. The Balaban J connectivity index is 2.80. The summed E-state index contributed by atoms with van der Waals surface area (Å²) < 4.78 is 5.13. The molecule has 0 atom stereocenters. The number of aromatic carboxylic acids is 1. The molecule has 0 heterocycles. The van der Waals surface area contributed by atoms with Crippen LogP contribution in [0.2, 0.25) is 0 Å². The van der Waals surface area contributed by atoms with E-state index in [0.29, 0.717) is 11.1 Å². The second kappa shape index (κ2) is 3.73. The molecule has 2 aromatic carbocycles. The highest BCUT2D eigenvalue weighted by Gasteiger charge is 2.12. The van der Waals surface area contributed by atoms with E-state index in [2.05, 4.69) is 0 Å². The topological polar surface area (TPSA) is 66.8 Å². The van der Waals surface area contributed by atoms with Gasteiger partial charge in [-0.25, -0.2) is 4.79 Å². The molecule has 0 saturated carbocycles.